The van der Waals surface area contributed by atoms with Gasteiger partial charge in [-0.1, -0.05) is 68.8 Å². The number of nitrogens with zero attached hydrogens (tertiary/aromatic N) is 2. The molecule has 3 aromatic rings. The van der Waals surface area contributed by atoms with Crippen LogP contribution in [-0.4, -0.2) is 22.9 Å². The van der Waals surface area contributed by atoms with E-state index in [0.29, 0.717) is 40.9 Å². The third-order valence-electron chi connectivity index (χ3n) is 7.31. The normalized spacial score (nSPS) is 12.3. The lowest BCUT2D eigenvalue weighted by Crippen LogP contribution is -2.43. The van der Waals surface area contributed by atoms with Crippen LogP contribution in [0.15, 0.2) is 82.3 Å². The first-order valence-electron chi connectivity index (χ1n) is 12.7. The highest BCUT2D eigenvalue weighted by atomic mass is 35.5. The number of hydrogen-bond acceptors (Lipinski definition) is 4. The molecule has 0 bridgehead atoms. The van der Waals surface area contributed by atoms with Crippen LogP contribution in [0.25, 0.3) is 17.1 Å². The van der Waals surface area contributed by atoms with E-state index in [0.717, 1.165) is 22.5 Å². The smallest absolute Gasteiger partial charge is 0.278 e. The molecule has 0 amide bonds. The molecule has 0 atom stereocenters. The van der Waals surface area contributed by atoms with Gasteiger partial charge in [0.15, 0.2) is 5.82 Å². The molecule has 38 heavy (non-hydrogen) atoms. The van der Waals surface area contributed by atoms with Crippen LogP contribution >= 0.6 is 11.6 Å². The van der Waals surface area contributed by atoms with E-state index in [2.05, 4.69) is 51.0 Å². The van der Waals surface area contributed by atoms with Crippen LogP contribution in [0.1, 0.15) is 43.5 Å². The molecule has 2 aliphatic rings. The maximum atomic E-state index is 13.5. The number of hydrogen-bond donors (Lipinski definition) is 1. The Bertz CT molecular complexity index is 1580. The van der Waals surface area contributed by atoms with Crippen molar-refractivity contribution >= 4 is 19.9 Å². The van der Waals surface area contributed by atoms with Crippen molar-refractivity contribution in [3.05, 3.63) is 111 Å². The van der Waals surface area contributed by atoms with E-state index in [1.807, 2.05) is 54.7 Å². The number of fused-ring (bicyclic) bond motifs is 1. The van der Waals surface area contributed by atoms with Crippen molar-refractivity contribution in [1.82, 2.24) is 14.5 Å². The minimum absolute atomic E-state index is 0.0267. The van der Waals surface area contributed by atoms with Crippen molar-refractivity contribution in [2.45, 2.75) is 51.7 Å². The average Bonchev–Trinajstić information content (AvgIpc) is 3.49. The summed E-state index contributed by atoms with van der Waals surface area (Å²) in [7, 11) is -2.11. The summed E-state index contributed by atoms with van der Waals surface area (Å²) < 4.78 is 13.7. The van der Waals surface area contributed by atoms with E-state index in [1.165, 1.54) is 0 Å². The largest absolute Gasteiger partial charge is 0.542 e. The Morgan fingerprint density at radius 2 is 1.82 bits per heavy atom. The van der Waals surface area contributed by atoms with E-state index in [4.69, 9.17) is 25.4 Å². The number of nitrogens with one attached hydrogen (secondary N) is 1. The van der Waals surface area contributed by atoms with Crippen LogP contribution < -0.4 is 9.99 Å². The molecule has 0 saturated heterocycles. The van der Waals surface area contributed by atoms with Crippen molar-refractivity contribution in [3.8, 4) is 22.8 Å². The highest BCUT2D eigenvalue weighted by molar-refractivity contribution is 6.74. The fourth-order valence-corrected chi connectivity index (χ4v) is 5.36. The molecule has 0 unspecified atom stereocenters. The molecular formula is C30H32ClN3O3Si. The zero-order valence-electron chi connectivity index (χ0n) is 22.3. The first kappa shape index (κ1) is 26.1. The minimum Gasteiger partial charge on any atom is -0.542 e. The van der Waals surface area contributed by atoms with Gasteiger partial charge in [0.25, 0.3) is 13.9 Å². The summed E-state index contributed by atoms with van der Waals surface area (Å²) in [5.41, 5.74) is 3.90. The third-order valence-corrected chi connectivity index (χ3v) is 12.0. The van der Waals surface area contributed by atoms with Crippen molar-refractivity contribution in [2.24, 2.45) is 0 Å². The van der Waals surface area contributed by atoms with E-state index in [9.17, 15) is 4.79 Å². The molecular weight excluding hydrogens is 514 g/mol. The molecule has 196 valence electrons. The Balaban J connectivity index is 1.62. The molecule has 2 aromatic carbocycles. The maximum Gasteiger partial charge on any atom is 0.278 e. The summed E-state index contributed by atoms with van der Waals surface area (Å²) in [4.78, 5) is 21.8. The summed E-state index contributed by atoms with van der Waals surface area (Å²) in [6.07, 6.45) is 4.34. The Kier molecular flexibility index (Phi) is 6.84. The highest BCUT2D eigenvalue weighted by Crippen LogP contribution is 2.40. The number of halogens is 1. The summed E-state index contributed by atoms with van der Waals surface area (Å²) in [6, 6.07) is 19.5. The van der Waals surface area contributed by atoms with Crippen molar-refractivity contribution < 1.29 is 8.84 Å². The average molecular weight is 546 g/mol. The topological polar surface area (TPSA) is 73.1 Å². The lowest BCUT2D eigenvalue weighted by Gasteiger charge is -2.36. The van der Waals surface area contributed by atoms with Gasteiger partial charge in [-0.05, 0) is 48.0 Å². The van der Waals surface area contributed by atoms with Gasteiger partial charge in [0, 0.05) is 18.2 Å². The van der Waals surface area contributed by atoms with Gasteiger partial charge in [-0.15, -0.1) is 0 Å². The fraction of sp³-hybridized carbons (Fsp3) is 0.267. The standard InChI is InChI=1S/C30H32ClN3O3Si/c1-30(2,3)38(4,5)37-27-17-21(13-14-23(27)31)26-19-34-28(24(32-26)16-20-10-7-6-8-11-20)33-25(29(34)35)18-22-12-9-15-36-22/h6-15,17,19,32H,16,18H2,1-5H3. The summed E-state index contributed by atoms with van der Waals surface area (Å²) in [6.45, 7) is 11.0. The van der Waals surface area contributed by atoms with E-state index in [-0.39, 0.29) is 10.6 Å². The van der Waals surface area contributed by atoms with E-state index >= 15 is 0 Å². The molecule has 0 radical (unpaired) electrons. The van der Waals surface area contributed by atoms with Crippen LogP contribution in [0.5, 0.6) is 5.75 Å². The van der Waals surface area contributed by atoms with Gasteiger partial charge in [-0.2, -0.15) is 0 Å². The van der Waals surface area contributed by atoms with Gasteiger partial charge in [0.05, 0.1) is 29.1 Å². The zero-order valence-corrected chi connectivity index (χ0v) is 24.1. The Hall–Kier alpha value is -3.55. The second-order valence-corrected chi connectivity index (χ2v) is 16.3. The van der Waals surface area contributed by atoms with Crippen LogP contribution in [0.3, 0.4) is 0 Å². The number of benzene rings is 2. The van der Waals surface area contributed by atoms with Gasteiger partial charge in [0.1, 0.15) is 17.2 Å². The van der Waals surface area contributed by atoms with E-state index in [1.54, 1.807) is 10.8 Å². The lowest BCUT2D eigenvalue weighted by atomic mass is 10.1. The summed E-state index contributed by atoms with van der Waals surface area (Å²) in [5.74, 6) is 1.96. The zero-order chi connectivity index (χ0) is 27.1. The Morgan fingerprint density at radius 1 is 1.05 bits per heavy atom. The van der Waals surface area contributed by atoms with Gasteiger partial charge < -0.3 is 13.8 Å². The number of aromatic nitrogens is 3. The van der Waals surface area contributed by atoms with E-state index < -0.39 is 8.32 Å². The second-order valence-electron chi connectivity index (χ2n) is 11.1. The maximum absolute atomic E-state index is 13.5. The molecule has 2 aliphatic heterocycles. The van der Waals surface area contributed by atoms with Crippen LogP contribution in [0.2, 0.25) is 23.2 Å². The molecule has 0 saturated carbocycles. The quantitative estimate of drug-likeness (QED) is 0.215. The van der Waals surface area contributed by atoms with Crippen LogP contribution in [0, 0.1) is 0 Å². The van der Waals surface area contributed by atoms with Gasteiger partial charge >= 0.3 is 0 Å². The number of aromatic amines is 1. The predicted octanol–water partition coefficient (Wildman–Crippen LogP) is 7.48. The van der Waals surface area contributed by atoms with Gasteiger partial charge in [-0.3, -0.25) is 9.36 Å². The third kappa shape index (κ3) is 5.21. The molecule has 0 aliphatic carbocycles. The Morgan fingerprint density at radius 3 is 2.50 bits per heavy atom. The monoisotopic (exact) mass is 545 g/mol. The molecule has 8 heteroatoms. The van der Waals surface area contributed by atoms with Crippen molar-refractivity contribution in [1.29, 1.82) is 0 Å². The summed E-state index contributed by atoms with van der Waals surface area (Å²) >= 11 is 6.58. The van der Waals surface area contributed by atoms with Crippen LogP contribution in [-0.2, 0) is 12.8 Å². The number of furan rings is 1. The second kappa shape index (κ2) is 9.96. The molecule has 0 spiro atoms. The first-order chi connectivity index (χ1) is 18.0. The predicted molar refractivity (Wildman–Crippen MR) is 154 cm³/mol. The molecule has 3 heterocycles. The highest BCUT2D eigenvalue weighted by Gasteiger charge is 2.39. The number of imidazole rings is 1. The Labute approximate surface area is 228 Å². The molecule has 1 aromatic heterocycles. The number of H-pyrrole nitrogens is 1. The lowest BCUT2D eigenvalue weighted by molar-refractivity contribution is 0.492. The summed E-state index contributed by atoms with van der Waals surface area (Å²) in [5, 5.41) is 0.593. The molecule has 5 rings (SSSR count). The molecule has 0 fully saturated rings. The molecule has 1 N–H and O–H groups in total. The van der Waals surface area contributed by atoms with Gasteiger partial charge in [0.2, 0.25) is 0 Å². The first-order valence-corrected chi connectivity index (χ1v) is 16.0. The van der Waals surface area contributed by atoms with Crippen molar-refractivity contribution in [2.75, 3.05) is 0 Å². The van der Waals surface area contributed by atoms with Crippen LogP contribution in [0.4, 0.5) is 0 Å². The molecule has 6 nitrogen and oxygen atoms in total. The van der Waals surface area contributed by atoms with Crippen molar-refractivity contribution in [3.63, 3.8) is 0 Å². The van der Waals surface area contributed by atoms with Gasteiger partial charge in [-0.25, -0.2) is 4.98 Å². The minimum atomic E-state index is -2.11. The SMILES string of the molecule is CC(C)(C)[Si](C)(C)Oc1cc(-c2cn3c(=O)c(Cc4ccco4)nc-3c(Cc3ccccc3)[nH]2)ccc1Cl. The number of rotatable bonds is 7. The fourth-order valence-electron chi connectivity index (χ4n) is 4.12.